The standard InChI is InChI=1S/C10H10F3N/c11-8-5-10(13)9(12)4-6(8)3-7-1-2-14-7/h4-5,7,14H,1-3H2. The summed E-state index contributed by atoms with van der Waals surface area (Å²) in [6.45, 7) is 0.913. The molecule has 0 aromatic heterocycles. The molecule has 0 spiro atoms. The van der Waals surface area contributed by atoms with Crippen LogP contribution in [0.1, 0.15) is 12.0 Å². The Bertz CT molecular complexity index is 347. The van der Waals surface area contributed by atoms with Crippen molar-refractivity contribution in [2.45, 2.75) is 18.9 Å². The van der Waals surface area contributed by atoms with E-state index in [4.69, 9.17) is 0 Å². The van der Waals surface area contributed by atoms with Crippen molar-refractivity contribution >= 4 is 0 Å². The smallest absolute Gasteiger partial charge is 0.161 e. The number of hydrogen-bond donors (Lipinski definition) is 1. The lowest BCUT2D eigenvalue weighted by molar-refractivity contribution is 0.363. The quantitative estimate of drug-likeness (QED) is 0.722. The Labute approximate surface area is 79.9 Å². The minimum Gasteiger partial charge on any atom is -0.314 e. The molecule has 1 saturated heterocycles. The Kier molecular flexibility index (Phi) is 2.46. The lowest BCUT2D eigenvalue weighted by Crippen LogP contribution is -2.44. The minimum absolute atomic E-state index is 0.203. The van der Waals surface area contributed by atoms with Crippen LogP contribution in [0.15, 0.2) is 12.1 Å². The van der Waals surface area contributed by atoms with Gasteiger partial charge in [0.25, 0.3) is 0 Å². The first-order valence-corrected chi connectivity index (χ1v) is 4.53. The average Bonchev–Trinajstić information content (AvgIpc) is 2.06. The number of nitrogens with one attached hydrogen (secondary N) is 1. The largest absolute Gasteiger partial charge is 0.314 e. The fourth-order valence-electron chi connectivity index (χ4n) is 1.51. The van der Waals surface area contributed by atoms with Crippen LogP contribution in [0.5, 0.6) is 0 Å². The first-order chi connectivity index (χ1) is 6.66. The van der Waals surface area contributed by atoms with Crippen LogP contribution in [0.25, 0.3) is 0 Å². The summed E-state index contributed by atoms with van der Waals surface area (Å²) in [5.41, 5.74) is 0.237. The van der Waals surface area contributed by atoms with Crippen molar-refractivity contribution in [3.63, 3.8) is 0 Å². The van der Waals surface area contributed by atoms with E-state index in [-0.39, 0.29) is 11.6 Å². The third-order valence-electron chi connectivity index (χ3n) is 2.48. The Morgan fingerprint density at radius 1 is 1.14 bits per heavy atom. The van der Waals surface area contributed by atoms with Crippen LogP contribution in [0.4, 0.5) is 13.2 Å². The Morgan fingerprint density at radius 2 is 1.79 bits per heavy atom. The third kappa shape index (κ3) is 1.75. The van der Waals surface area contributed by atoms with Crippen molar-refractivity contribution in [2.75, 3.05) is 6.54 Å². The molecule has 14 heavy (non-hydrogen) atoms. The molecule has 1 aromatic carbocycles. The molecule has 1 fully saturated rings. The highest BCUT2D eigenvalue weighted by Crippen LogP contribution is 2.17. The molecule has 4 heteroatoms. The zero-order valence-corrected chi connectivity index (χ0v) is 7.49. The first kappa shape index (κ1) is 9.52. The number of benzene rings is 1. The SMILES string of the molecule is Fc1cc(F)c(CC2CCN2)cc1F. The Hall–Kier alpha value is -1.03. The average molecular weight is 201 g/mol. The predicted molar refractivity (Wildman–Crippen MR) is 46.4 cm³/mol. The van der Waals surface area contributed by atoms with Crippen LogP contribution in [0.2, 0.25) is 0 Å². The molecule has 0 saturated carbocycles. The molecule has 76 valence electrons. The second-order valence-electron chi connectivity index (χ2n) is 3.50. The van der Waals surface area contributed by atoms with Crippen LogP contribution in [-0.4, -0.2) is 12.6 Å². The van der Waals surface area contributed by atoms with E-state index in [0.29, 0.717) is 12.5 Å². The maximum absolute atomic E-state index is 13.1. The topological polar surface area (TPSA) is 12.0 Å². The second-order valence-corrected chi connectivity index (χ2v) is 3.50. The van der Waals surface area contributed by atoms with Crippen molar-refractivity contribution in [3.8, 4) is 0 Å². The van der Waals surface area contributed by atoms with E-state index in [0.717, 1.165) is 19.0 Å². The van der Waals surface area contributed by atoms with Gasteiger partial charge in [0.2, 0.25) is 0 Å². The van der Waals surface area contributed by atoms with Crippen molar-refractivity contribution in [1.29, 1.82) is 0 Å². The van der Waals surface area contributed by atoms with Crippen molar-refractivity contribution < 1.29 is 13.2 Å². The van der Waals surface area contributed by atoms with Crippen LogP contribution < -0.4 is 5.32 Å². The highest BCUT2D eigenvalue weighted by molar-refractivity contribution is 5.21. The summed E-state index contributed by atoms with van der Waals surface area (Å²) < 4.78 is 38.4. The van der Waals surface area contributed by atoms with Crippen LogP contribution >= 0.6 is 0 Å². The summed E-state index contributed by atoms with van der Waals surface area (Å²) in [5.74, 6) is -2.79. The molecular weight excluding hydrogens is 191 g/mol. The molecule has 1 N–H and O–H groups in total. The number of rotatable bonds is 2. The maximum atomic E-state index is 13.1. The normalized spacial score (nSPS) is 20.6. The van der Waals surface area contributed by atoms with E-state index in [9.17, 15) is 13.2 Å². The van der Waals surface area contributed by atoms with Gasteiger partial charge in [0, 0.05) is 12.1 Å². The van der Waals surface area contributed by atoms with E-state index >= 15 is 0 Å². The summed E-state index contributed by atoms with van der Waals surface area (Å²) in [4.78, 5) is 0. The molecule has 0 aliphatic carbocycles. The first-order valence-electron chi connectivity index (χ1n) is 4.53. The van der Waals surface area contributed by atoms with E-state index in [1.54, 1.807) is 0 Å². The summed E-state index contributed by atoms with van der Waals surface area (Å²) in [5, 5.41) is 3.07. The molecule has 1 atom stereocenters. The fraction of sp³-hybridized carbons (Fsp3) is 0.400. The van der Waals surface area contributed by atoms with E-state index in [2.05, 4.69) is 5.32 Å². The van der Waals surface area contributed by atoms with Crippen molar-refractivity contribution in [3.05, 3.63) is 35.1 Å². The molecular formula is C10H10F3N. The summed E-state index contributed by atoms with van der Waals surface area (Å²) in [6, 6.07) is 1.74. The third-order valence-corrected chi connectivity index (χ3v) is 2.48. The molecule has 1 unspecified atom stereocenters. The van der Waals surface area contributed by atoms with Gasteiger partial charge in [0.15, 0.2) is 11.6 Å². The van der Waals surface area contributed by atoms with E-state index < -0.39 is 17.5 Å². The van der Waals surface area contributed by atoms with Gasteiger partial charge in [0.05, 0.1) is 0 Å². The van der Waals surface area contributed by atoms with Gasteiger partial charge in [-0.05, 0) is 31.0 Å². The molecule has 1 aromatic rings. The zero-order valence-electron chi connectivity index (χ0n) is 7.49. The van der Waals surface area contributed by atoms with E-state index in [1.165, 1.54) is 0 Å². The van der Waals surface area contributed by atoms with Crippen LogP contribution in [-0.2, 0) is 6.42 Å². The fourth-order valence-corrected chi connectivity index (χ4v) is 1.51. The van der Waals surface area contributed by atoms with Gasteiger partial charge in [-0.1, -0.05) is 0 Å². The maximum Gasteiger partial charge on any atom is 0.161 e. The molecule has 0 radical (unpaired) electrons. The summed E-state index contributed by atoms with van der Waals surface area (Å²) in [6.07, 6.45) is 1.38. The Balaban J connectivity index is 2.19. The van der Waals surface area contributed by atoms with Gasteiger partial charge in [-0.2, -0.15) is 0 Å². The highest BCUT2D eigenvalue weighted by Gasteiger charge is 2.19. The van der Waals surface area contributed by atoms with Gasteiger partial charge in [-0.3, -0.25) is 0 Å². The molecule has 0 amide bonds. The molecule has 2 rings (SSSR count). The van der Waals surface area contributed by atoms with Gasteiger partial charge < -0.3 is 5.32 Å². The van der Waals surface area contributed by atoms with Crippen LogP contribution in [0, 0.1) is 17.5 Å². The Morgan fingerprint density at radius 3 is 2.36 bits per heavy atom. The highest BCUT2D eigenvalue weighted by atomic mass is 19.2. The monoisotopic (exact) mass is 201 g/mol. The molecule has 1 aliphatic heterocycles. The van der Waals surface area contributed by atoms with Gasteiger partial charge >= 0.3 is 0 Å². The molecule has 0 bridgehead atoms. The van der Waals surface area contributed by atoms with Gasteiger partial charge in [-0.15, -0.1) is 0 Å². The van der Waals surface area contributed by atoms with E-state index in [1.807, 2.05) is 0 Å². The van der Waals surface area contributed by atoms with Gasteiger partial charge in [0.1, 0.15) is 5.82 Å². The number of hydrogen-bond acceptors (Lipinski definition) is 1. The molecule has 1 nitrogen and oxygen atoms in total. The number of halogens is 3. The second kappa shape index (κ2) is 3.61. The molecule has 1 aliphatic rings. The minimum atomic E-state index is -1.13. The van der Waals surface area contributed by atoms with Crippen molar-refractivity contribution in [1.82, 2.24) is 5.32 Å². The zero-order chi connectivity index (χ0) is 10.1. The van der Waals surface area contributed by atoms with Gasteiger partial charge in [-0.25, -0.2) is 13.2 Å². The van der Waals surface area contributed by atoms with Crippen LogP contribution in [0.3, 0.4) is 0 Å². The van der Waals surface area contributed by atoms with Crippen molar-refractivity contribution in [2.24, 2.45) is 0 Å². The summed E-state index contributed by atoms with van der Waals surface area (Å²) >= 11 is 0. The predicted octanol–water partition coefficient (Wildman–Crippen LogP) is 2.01. The molecule has 1 heterocycles. The lowest BCUT2D eigenvalue weighted by atomic mass is 9.98. The summed E-state index contributed by atoms with van der Waals surface area (Å²) in [7, 11) is 0. The lowest BCUT2D eigenvalue weighted by Gasteiger charge is -2.27.